The molecule has 0 saturated carbocycles. The predicted molar refractivity (Wildman–Crippen MR) is 68.9 cm³/mol. The van der Waals surface area contributed by atoms with Gasteiger partial charge in [0.1, 0.15) is 5.82 Å². The Hall–Kier alpha value is -1.00. The Morgan fingerprint density at radius 3 is 2.78 bits per heavy atom. The Kier molecular flexibility index (Phi) is 4.30. The number of hydrogen-bond donors (Lipinski definition) is 2. The Labute approximate surface area is 111 Å². The van der Waals surface area contributed by atoms with Crippen molar-refractivity contribution in [1.29, 1.82) is 0 Å². The minimum atomic E-state index is -0.482. The number of phenolic OH excluding ortho intramolecular Hbond substituents is 1. The lowest BCUT2D eigenvalue weighted by Crippen LogP contribution is -2.28. The van der Waals surface area contributed by atoms with Crippen LogP contribution in [0.25, 0.3) is 0 Å². The number of piperidine rings is 1. The molecule has 0 bridgehead atoms. The molecule has 1 aromatic rings. The van der Waals surface area contributed by atoms with Crippen LogP contribution in [0.3, 0.4) is 0 Å². The summed E-state index contributed by atoms with van der Waals surface area (Å²) in [6.07, 6.45) is 2.54. The van der Waals surface area contributed by atoms with Gasteiger partial charge in [0.25, 0.3) is 0 Å². The molecule has 5 heteroatoms. The van der Waals surface area contributed by atoms with Crippen LogP contribution in [0.5, 0.6) is 11.5 Å². The lowest BCUT2D eigenvalue weighted by atomic mass is 9.90. The van der Waals surface area contributed by atoms with Gasteiger partial charge in [-0.05, 0) is 38.3 Å². The smallest absolute Gasteiger partial charge is 0.166 e. The second-order valence-corrected chi connectivity index (χ2v) is 5.01. The van der Waals surface area contributed by atoms with E-state index in [9.17, 15) is 9.50 Å². The maximum absolute atomic E-state index is 14.0. The second kappa shape index (κ2) is 5.76. The van der Waals surface area contributed by atoms with Gasteiger partial charge in [-0.25, -0.2) is 4.39 Å². The molecule has 100 valence electrons. The summed E-state index contributed by atoms with van der Waals surface area (Å²) in [4.78, 5) is 0. The van der Waals surface area contributed by atoms with Crippen LogP contribution in [0.1, 0.15) is 18.4 Å². The summed E-state index contributed by atoms with van der Waals surface area (Å²) < 4.78 is 19.1. The number of nitrogens with one attached hydrogen (secondary N) is 1. The average molecular weight is 274 g/mol. The zero-order valence-corrected chi connectivity index (χ0v) is 11.1. The molecule has 0 aromatic heterocycles. The van der Waals surface area contributed by atoms with Gasteiger partial charge in [-0.2, -0.15) is 0 Å². The van der Waals surface area contributed by atoms with Gasteiger partial charge in [0.2, 0.25) is 0 Å². The van der Waals surface area contributed by atoms with Crippen LogP contribution >= 0.6 is 11.6 Å². The summed E-state index contributed by atoms with van der Waals surface area (Å²) in [6.45, 7) is 1.89. The number of rotatable bonds is 3. The number of aromatic hydroxyl groups is 1. The third-order valence-corrected chi connectivity index (χ3v) is 3.68. The fourth-order valence-electron chi connectivity index (χ4n) is 2.43. The summed E-state index contributed by atoms with van der Waals surface area (Å²) in [7, 11) is 1.42. The first kappa shape index (κ1) is 13.4. The molecule has 0 atom stereocenters. The van der Waals surface area contributed by atoms with Crippen molar-refractivity contribution < 1.29 is 14.2 Å². The maximum atomic E-state index is 14.0. The molecule has 2 N–H and O–H groups in total. The summed E-state index contributed by atoms with van der Waals surface area (Å²) in [5, 5.41) is 12.9. The third kappa shape index (κ3) is 2.70. The van der Waals surface area contributed by atoms with Crippen LogP contribution in [0.15, 0.2) is 6.07 Å². The monoisotopic (exact) mass is 273 g/mol. The highest BCUT2D eigenvalue weighted by Gasteiger charge is 2.22. The van der Waals surface area contributed by atoms with Crippen molar-refractivity contribution in [2.45, 2.75) is 19.3 Å². The first-order valence-corrected chi connectivity index (χ1v) is 6.45. The third-order valence-electron chi connectivity index (χ3n) is 3.40. The van der Waals surface area contributed by atoms with Crippen molar-refractivity contribution in [1.82, 2.24) is 5.32 Å². The fraction of sp³-hybridized carbons (Fsp3) is 0.538. The van der Waals surface area contributed by atoms with E-state index >= 15 is 0 Å². The highest BCUT2D eigenvalue weighted by molar-refractivity contribution is 6.31. The van der Waals surface area contributed by atoms with Gasteiger partial charge in [-0.15, -0.1) is 0 Å². The molecular weight excluding hydrogens is 257 g/mol. The Balaban J connectivity index is 2.29. The Bertz CT molecular complexity index is 433. The minimum absolute atomic E-state index is 0.0581. The molecule has 0 amide bonds. The number of benzene rings is 1. The van der Waals surface area contributed by atoms with Crippen molar-refractivity contribution in [3.05, 3.63) is 22.5 Å². The highest BCUT2D eigenvalue weighted by atomic mass is 35.5. The van der Waals surface area contributed by atoms with Crippen LogP contribution < -0.4 is 10.1 Å². The van der Waals surface area contributed by atoms with E-state index in [1.165, 1.54) is 13.2 Å². The maximum Gasteiger partial charge on any atom is 0.166 e. The van der Waals surface area contributed by atoms with Crippen molar-refractivity contribution in [2.24, 2.45) is 5.92 Å². The quantitative estimate of drug-likeness (QED) is 0.890. The van der Waals surface area contributed by atoms with E-state index in [0.717, 1.165) is 25.9 Å². The van der Waals surface area contributed by atoms with Crippen LogP contribution in [0.4, 0.5) is 4.39 Å². The molecule has 1 heterocycles. The van der Waals surface area contributed by atoms with Gasteiger partial charge in [-0.1, -0.05) is 11.6 Å². The summed E-state index contributed by atoms with van der Waals surface area (Å²) in [5.41, 5.74) is 0.384. The molecule has 1 saturated heterocycles. The van der Waals surface area contributed by atoms with Gasteiger partial charge < -0.3 is 15.2 Å². The van der Waals surface area contributed by atoms with Gasteiger partial charge >= 0.3 is 0 Å². The highest BCUT2D eigenvalue weighted by Crippen LogP contribution is 2.38. The van der Waals surface area contributed by atoms with Crippen molar-refractivity contribution >= 4 is 11.6 Å². The zero-order chi connectivity index (χ0) is 13.1. The first-order chi connectivity index (χ1) is 8.63. The number of halogens is 2. The molecule has 0 aliphatic carbocycles. The van der Waals surface area contributed by atoms with Gasteiger partial charge in [0.05, 0.1) is 12.1 Å². The Morgan fingerprint density at radius 1 is 1.50 bits per heavy atom. The van der Waals surface area contributed by atoms with Gasteiger partial charge in [0, 0.05) is 11.6 Å². The molecule has 1 aliphatic rings. The number of phenols is 1. The SMILES string of the molecule is COc1c(O)cc(Cl)c(F)c1CC1CCNCC1. The number of hydrogen-bond acceptors (Lipinski definition) is 3. The summed E-state index contributed by atoms with van der Waals surface area (Å²) in [6, 6.07) is 1.18. The van der Waals surface area contributed by atoms with Crippen LogP contribution in [0.2, 0.25) is 5.02 Å². The molecule has 0 radical (unpaired) electrons. The topological polar surface area (TPSA) is 41.5 Å². The summed E-state index contributed by atoms with van der Waals surface area (Å²) >= 11 is 5.76. The summed E-state index contributed by atoms with van der Waals surface area (Å²) in [5.74, 6) is 0.0145. The lowest BCUT2D eigenvalue weighted by Gasteiger charge is -2.24. The van der Waals surface area contributed by atoms with Crippen molar-refractivity contribution in [2.75, 3.05) is 20.2 Å². The molecule has 0 spiro atoms. The second-order valence-electron chi connectivity index (χ2n) is 4.60. The lowest BCUT2D eigenvalue weighted by molar-refractivity contribution is 0.341. The first-order valence-electron chi connectivity index (χ1n) is 6.08. The number of methoxy groups -OCH3 is 1. The molecule has 1 fully saturated rings. The Morgan fingerprint density at radius 2 is 2.17 bits per heavy atom. The molecule has 3 nitrogen and oxygen atoms in total. The van der Waals surface area contributed by atoms with E-state index in [-0.39, 0.29) is 16.5 Å². The van der Waals surface area contributed by atoms with Crippen LogP contribution in [-0.4, -0.2) is 25.3 Å². The normalized spacial score (nSPS) is 16.8. The molecular formula is C13H17ClFNO2. The largest absolute Gasteiger partial charge is 0.504 e. The molecule has 0 unspecified atom stereocenters. The molecule has 1 aromatic carbocycles. The van der Waals surface area contributed by atoms with Gasteiger partial charge in [0.15, 0.2) is 11.5 Å². The zero-order valence-electron chi connectivity index (χ0n) is 10.3. The predicted octanol–water partition coefficient (Wildman–Crippen LogP) is 2.74. The minimum Gasteiger partial charge on any atom is -0.504 e. The standard InChI is InChI=1S/C13H17ClFNO2/c1-18-13-9(6-8-2-4-16-5-3-8)12(15)10(14)7-11(13)17/h7-8,16-17H,2-6H2,1H3. The molecule has 2 rings (SSSR count). The fourth-order valence-corrected chi connectivity index (χ4v) is 2.65. The van der Waals surface area contributed by atoms with Crippen LogP contribution in [-0.2, 0) is 6.42 Å². The van der Waals surface area contributed by atoms with E-state index in [0.29, 0.717) is 17.9 Å². The van der Waals surface area contributed by atoms with Crippen molar-refractivity contribution in [3.8, 4) is 11.5 Å². The van der Waals surface area contributed by atoms with E-state index in [2.05, 4.69) is 5.32 Å². The van der Waals surface area contributed by atoms with Gasteiger partial charge in [-0.3, -0.25) is 0 Å². The van der Waals surface area contributed by atoms with Crippen LogP contribution in [0, 0.1) is 11.7 Å². The van der Waals surface area contributed by atoms with E-state index in [4.69, 9.17) is 16.3 Å². The van der Waals surface area contributed by atoms with E-state index in [1.54, 1.807) is 0 Å². The average Bonchev–Trinajstić information content (AvgIpc) is 2.37. The molecule has 1 aliphatic heterocycles. The van der Waals surface area contributed by atoms with E-state index < -0.39 is 5.82 Å². The van der Waals surface area contributed by atoms with Crippen molar-refractivity contribution in [3.63, 3.8) is 0 Å². The number of ether oxygens (including phenoxy) is 1. The van der Waals surface area contributed by atoms with E-state index in [1.807, 2.05) is 0 Å². The molecule has 18 heavy (non-hydrogen) atoms.